The molecule has 2 rings (SSSR count). The summed E-state index contributed by atoms with van der Waals surface area (Å²) >= 11 is 0. The van der Waals surface area contributed by atoms with E-state index in [1.807, 2.05) is 0 Å². The smallest absolute Gasteiger partial charge is 0.0352 e. The molecule has 1 fully saturated rings. The molecule has 0 heterocycles. The van der Waals surface area contributed by atoms with E-state index in [4.69, 9.17) is 5.73 Å². The van der Waals surface area contributed by atoms with Gasteiger partial charge in [0.05, 0.1) is 0 Å². The number of hydrogen-bond donors (Lipinski definition) is 1. The Labute approximate surface area is 86.3 Å². The summed E-state index contributed by atoms with van der Waals surface area (Å²) in [5, 5.41) is 0. The van der Waals surface area contributed by atoms with Crippen molar-refractivity contribution in [3.8, 4) is 0 Å². The van der Waals surface area contributed by atoms with Crippen LogP contribution in [0.5, 0.6) is 0 Å². The minimum Gasteiger partial charge on any atom is -0.323 e. The standard InChI is InChI=1S/C13H19N/c1-3-13(8-9-13)12(14)11-6-4-10(2)5-7-11/h4-7,12H,3,8-9,14H2,1-2H3. The summed E-state index contributed by atoms with van der Waals surface area (Å²) in [7, 11) is 0. The monoisotopic (exact) mass is 189 g/mol. The van der Waals surface area contributed by atoms with Gasteiger partial charge in [-0.15, -0.1) is 0 Å². The van der Waals surface area contributed by atoms with Gasteiger partial charge in [-0.2, -0.15) is 0 Å². The van der Waals surface area contributed by atoms with Gasteiger partial charge in [0.15, 0.2) is 0 Å². The maximum Gasteiger partial charge on any atom is 0.0352 e. The molecule has 0 saturated heterocycles. The molecule has 0 aromatic heterocycles. The maximum atomic E-state index is 6.30. The lowest BCUT2D eigenvalue weighted by molar-refractivity contribution is 0.394. The minimum absolute atomic E-state index is 0.244. The van der Waals surface area contributed by atoms with Crippen LogP contribution in [0.4, 0.5) is 0 Å². The van der Waals surface area contributed by atoms with Crippen LogP contribution in [-0.2, 0) is 0 Å². The number of aryl methyl sites for hydroxylation is 1. The van der Waals surface area contributed by atoms with E-state index in [9.17, 15) is 0 Å². The average Bonchev–Trinajstić information content (AvgIpc) is 2.99. The number of rotatable bonds is 3. The fraction of sp³-hybridized carbons (Fsp3) is 0.538. The van der Waals surface area contributed by atoms with Crippen molar-refractivity contribution < 1.29 is 0 Å². The van der Waals surface area contributed by atoms with Crippen LogP contribution in [0.25, 0.3) is 0 Å². The van der Waals surface area contributed by atoms with Crippen molar-refractivity contribution in [2.24, 2.45) is 11.1 Å². The Hall–Kier alpha value is -0.820. The molecule has 0 bridgehead atoms. The third kappa shape index (κ3) is 1.57. The van der Waals surface area contributed by atoms with Crippen molar-refractivity contribution in [3.63, 3.8) is 0 Å². The number of benzene rings is 1. The summed E-state index contributed by atoms with van der Waals surface area (Å²) < 4.78 is 0. The zero-order valence-corrected chi connectivity index (χ0v) is 9.09. The van der Waals surface area contributed by atoms with Gasteiger partial charge in [0.1, 0.15) is 0 Å². The van der Waals surface area contributed by atoms with E-state index in [1.54, 1.807) is 0 Å². The first-order valence-corrected chi connectivity index (χ1v) is 5.50. The molecule has 1 nitrogen and oxygen atoms in total. The molecule has 0 radical (unpaired) electrons. The fourth-order valence-corrected chi connectivity index (χ4v) is 2.17. The van der Waals surface area contributed by atoms with E-state index in [-0.39, 0.29) is 6.04 Å². The zero-order chi connectivity index (χ0) is 10.2. The van der Waals surface area contributed by atoms with Crippen LogP contribution in [-0.4, -0.2) is 0 Å². The highest BCUT2D eigenvalue weighted by atomic mass is 14.7. The second-order valence-electron chi connectivity index (χ2n) is 4.60. The summed E-state index contributed by atoms with van der Waals surface area (Å²) in [5.41, 5.74) is 9.33. The Morgan fingerprint density at radius 2 is 1.86 bits per heavy atom. The molecule has 1 heteroatoms. The Balaban J connectivity index is 2.19. The van der Waals surface area contributed by atoms with Gasteiger partial charge in [0.25, 0.3) is 0 Å². The van der Waals surface area contributed by atoms with Gasteiger partial charge in [0, 0.05) is 6.04 Å². The second-order valence-corrected chi connectivity index (χ2v) is 4.60. The van der Waals surface area contributed by atoms with Crippen LogP contribution in [0.1, 0.15) is 43.4 Å². The van der Waals surface area contributed by atoms with Crippen molar-refractivity contribution in [3.05, 3.63) is 35.4 Å². The quantitative estimate of drug-likeness (QED) is 0.776. The summed E-state index contributed by atoms with van der Waals surface area (Å²) in [4.78, 5) is 0. The zero-order valence-electron chi connectivity index (χ0n) is 9.09. The van der Waals surface area contributed by atoms with Gasteiger partial charge in [-0.05, 0) is 37.2 Å². The van der Waals surface area contributed by atoms with Crippen molar-refractivity contribution in [1.29, 1.82) is 0 Å². The number of nitrogens with two attached hydrogens (primary N) is 1. The van der Waals surface area contributed by atoms with Gasteiger partial charge >= 0.3 is 0 Å². The summed E-state index contributed by atoms with van der Waals surface area (Å²) in [6, 6.07) is 8.90. The van der Waals surface area contributed by atoms with E-state index in [2.05, 4.69) is 38.1 Å². The summed E-state index contributed by atoms with van der Waals surface area (Å²) in [5.74, 6) is 0. The van der Waals surface area contributed by atoms with E-state index < -0.39 is 0 Å². The molecule has 1 aromatic rings. The summed E-state index contributed by atoms with van der Waals surface area (Å²) in [6.07, 6.45) is 3.82. The Morgan fingerprint density at radius 3 is 2.29 bits per heavy atom. The second kappa shape index (κ2) is 3.39. The fourth-order valence-electron chi connectivity index (χ4n) is 2.17. The van der Waals surface area contributed by atoms with E-state index >= 15 is 0 Å². The molecule has 76 valence electrons. The van der Waals surface area contributed by atoms with Gasteiger partial charge in [-0.3, -0.25) is 0 Å². The first kappa shape index (κ1) is 9.72. The molecule has 1 aliphatic carbocycles. The van der Waals surface area contributed by atoms with Crippen molar-refractivity contribution in [1.82, 2.24) is 0 Å². The lowest BCUT2D eigenvalue weighted by atomic mass is 9.88. The third-order valence-corrected chi connectivity index (χ3v) is 3.69. The van der Waals surface area contributed by atoms with Gasteiger partial charge < -0.3 is 5.73 Å². The lowest BCUT2D eigenvalue weighted by Crippen LogP contribution is -2.22. The highest BCUT2D eigenvalue weighted by Gasteiger charge is 2.46. The van der Waals surface area contributed by atoms with Crippen LogP contribution in [0.2, 0.25) is 0 Å². The predicted molar refractivity (Wildman–Crippen MR) is 60.1 cm³/mol. The van der Waals surface area contributed by atoms with Crippen LogP contribution in [0, 0.1) is 12.3 Å². The Kier molecular flexibility index (Phi) is 2.36. The van der Waals surface area contributed by atoms with E-state index in [0.29, 0.717) is 5.41 Å². The Bertz CT molecular complexity index is 309. The maximum absolute atomic E-state index is 6.30. The molecular formula is C13H19N. The molecule has 1 aliphatic rings. The predicted octanol–water partition coefficient (Wildman–Crippen LogP) is 3.19. The third-order valence-electron chi connectivity index (χ3n) is 3.69. The van der Waals surface area contributed by atoms with Crippen LogP contribution >= 0.6 is 0 Å². The lowest BCUT2D eigenvalue weighted by Gasteiger charge is -2.22. The first-order valence-electron chi connectivity index (χ1n) is 5.50. The van der Waals surface area contributed by atoms with Gasteiger partial charge in [0.2, 0.25) is 0 Å². The van der Waals surface area contributed by atoms with Gasteiger partial charge in [-0.1, -0.05) is 36.8 Å². The molecular weight excluding hydrogens is 170 g/mol. The molecule has 2 N–H and O–H groups in total. The van der Waals surface area contributed by atoms with Crippen molar-refractivity contribution >= 4 is 0 Å². The molecule has 0 spiro atoms. The molecule has 0 aliphatic heterocycles. The molecule has 1 saturated carbocycles. The minimum atomic E-state index is 0.244. The highest BCUT2D eigenvalue weighted by Crippen LogP contribution is 2.56. The molecule has 1 unspecified atom stereocenters. The van der Waals surface area contributed by atoms with Crippen molar-refractivity contribution in [2.45, 2.75) is 39.2 Å². The molecule has 1 atom stereocenters. The summed E-state index contributed by atoms with van der Waals surface area (Å²) in [6.45, 7) is 4.36. The Morgan fingerprint density at radius 1 is 1.29 bits per heavy atom. The first-order chi connectivity index (χ1) is 6.68. The normalized spacial score (nSPS) is 20.5. The average molecular weight is 189 g/mol. The molecule has 0 amide bonds. The van der Waals surface area contributed by atoms with Crippen LogP contribution in [0.3, 0.4) is 0 Å². The van der Waals surface area contributed by atoms with Crippen molar-refractivity contribution in [2.75, 3.05) is 0 Å². The SMILES string of the molecule is CCC1(C(N)c2ccc(C)cc2)CC1. The number of hydrogen-bond acceptors (Lipinski definition) is 1. The molecule has 14 heavy (non-hydrogen) atoms. The van der Waals surface area contributed by atoms with E-state index in [1.165, 1.54) is 30.4 Å². The van der Waals surface area contributed by atoms with Crippen LogP contribution in [0.15, 0.2) is 24.3 Å². The van der Waals surface area contributed by atoms with Gasteiger partial charge in [-0.25, -0.2) is 0 Å². The molecule has 1 aromatic carbocycles. The highest BCUT2D eigenvalue weighted by molar-refractivity contribution is 5.27. The van der Waals surface area contributed by atoms with E-state index in [0.717, 1.165) is 0 Å². The largest absolute Gasteiger partial charge is 0.323 e. The topological polar surface area (TPSA) is 26.0 Å². The van der Waals surface area contributed by atoms with Crippen LogP contribution < -0.4 is 5.73 Å².